The van der Waals surface area contributed by atoms with Crippen molar-refractivity contribution in [2.75, 3.05) is 24.6 Å². The lowest BCUT2D eigenvalue weighted by molar-refractivity contribution is -0.123. The fraction of sp³-hybridized carbons (Fsp3) is 0.389. The van der Waals surface area contributed by atoms with Crippen LogP contribution in [0.4, 0.5) is 5.82 Å². The van der Waals surface area contributed by atoms with E-state index in [0.29, 0.717) is 21.6 Å². The average molecular weight is 395 g/mol. The van der Waals surface area contributed by atoms with E-state index in [0.717, 1.165) is 24.6 Å². The molecular formula is C18H20Cl2N4O2. The normalized spacial score (nSPS) is 13.7. The molecule has 0 unspecified atom stereocenters. The SMILES string of the molecule is Cc1cc(N2CCCC2)nc(CNC(=O)COc2ccc(Cl)cc2Cl)n1. The van der Waals surface area contributed by atoms with Crippen LogP contribution in [0.1, 0.15) is 24.4 Å². The van der Waals surface area contributed by atoms with Crippen molar-refractivity contribution < 1.29 is 9.53 Å². The lowest BCUT2D eigenvalue weighted by Crippen LogP contribution is -2.29. The molecule has 1 fully saturated rings. The van der Waals surface area contributed by atoms with Gasteiger partial charge in [0.1, 0.15) is 17.4 Å². The summed E-state index contributed by atoms with van der Waals surface area (Å²) in [7, 11) is 0. The molecule has 0 bridgehead atoms. The molecule has 26 heavy (non-hydrogen) atoms. The highest BCUT2D eigenvalue weighted by Crippen LogP contribution is 2.27. The van der Waals surface area contributed by atoms with E-state index in [2.05, 4.69) is 20.2 Å². The summed E-state index contributed by atoms with van der Waals surface area (Å²) in [6.45, 7) is 4.05. The van der Waals surface area contributed by atoms with Crippen LogP contribution in [0.25, 0.3) is 0 Å². The summed E-state index contributed by atoms with van der Waals surface area (Å²) in [6.07, 6.45) is 2.36. The van der Waals surface area contributed by atoms with E-state index in [-0.39, 0.29) is 19.1 Å². The molecule has 2 heterocycles. The number of nitrogens with zero attached hydrogens (tertiary/aromatic N) is 3. The Kier molecular flexibility index (Phi) is 6.16. The van der Waals surface area contributed by atoms with E-state index in [1.54, 1.807) is 18.2 Å². The summed E-state index contributed by atoms with van der Waals surface area (Å²) in [6, 6.07) is 6.82. The number of amides is 1. The van der Waals surface area contributed by atoms with Gasteiger partial charge in [-0.1, -0.05) is 23.2 Å². The number of nitrogens with one attached hydrogen (secondary N) is 1. The standard InChI is InChI=1S/C18H20Cl2N4O2/c1-12-8-17(24-6-2-3-7-24)23-16(22-12)10-21-18(25)11-26-15-5-4-13(19)9-14(15)20/h4-5,8-9H,2-3,6-7,10-11H2,1H3,(H,21,25). The number of aromatic nitrogens is 2. The maximum absolute atomic E-state index is 12.0. The summed E-state index contributed by atoms with van der Waals surface area (Å²) in [5.41, 5.74) is 0.885. The fourth-order valence-corrected chi connectivity index (χ4v) is 3.23. The Morgan fingerprint density at radius 3 is 2.73 bits per heavy atom. The van der Waals surface area contributed by atoms with Gasteiger partial charge < -0.3 is 15.0 Å². The van der Waals surface area contributed by atoms with E-state index in [9.17, 15) is 4.79 Å². The molecule has 3 rings (SSSR count). The third-order valence-electron chi connectivity index (χ3n) is 4.01. The number of benzene rings is 1. The molecule has 1 aliphatic rings. The molecular weight excluding hydrogens is 375 g/mol. The van der Waals surface area contributed by atoms with Crippen molar-refractivity contribution in [3.63, 3.8) is 0 Å². The summed E-state index contributed by atoms with van der Waals surface area (Å²) in [5, 5.41) is 3.64. The van der Waals surface area contributed by atoms with Crippen molar-refractivity contribution in [3.05, 3.63) is 45.8 Å². The molecule has 0 atom stereocenters. The summed E-state index contributed by atoms with van der Waals surface area (Å²) in [4.78, 5) is 23.2. The third-order valence-corrected chi connectivity index (χ3v) is 4.54. The highest BCUT2D eigenvalue weighted by molar-refractivity contribution is 6.35. The topological polar surface area (TPSA) is 67.4 Å². The molecule has 2 aromatic rings. The predicted octanol–water partition coefficient (Wildman–Crippen LogP) is 3.39. The number of hydrogen-bond donors (Lipinski definition) is 1. The van der Waals surface area contributed by atoms with Crippen LogP contribution in [-0.2, 0) is 11.3 Å². The molecule has 1 N–H and O–H groups in total. The van der Waals surface area contributed by atoms with Gasteiger partial charge in [0, 0.05) is 29.9 Å². The first kappa shape index (κ1) is 18.7. The smallest absolute Gasteiger partial charge is 0.258 e. The lowest BCUT2D eigenvalue weighted by Gasteiger charge is -2.17. The maximum Gasteiger partial charge on any atom is 0.258 e. The van der Waals surface area contributed by atoms with Crippen molar-refractivity contribution in [1.82, 2.24) is 15.3 Å². The molecule has 0 spiro atoms. The number of halogens is 2. The minimum atomic E-state index is -0.274. The van der Waals surface area contributed by atoms with E-state index < -0.39 is 0 Å². The monoisotopic (exact) mass is 394 g/mol. The predicted molar refractivity (Wildman–Crippen MR) is 102 cm³/mol. The first-order chi connectivity index (χ1) is 12.5. The fourth-order valence-electron chi connectivity index (χ4n) is 2.76. The zero-order chi connectivity index (χ0) is 18.5. The van der Waals surface area contributed by atoms with E-state index in [4.69, 9.17) is 27.9 Å². The Morgan fingerprint density at radius 1 is 1.23 bits per heavy atom. The molecule has 1 amide bonds. The van der Waals surface area contributed by atoms with Crippen molar-refractivity contribution in [2.45, 2.75) is 26.3 Å². The van der Waals surface area contributed by atoms with Gasteiger partial charge in [-0.25, -0.2) is 9.97 Å². The van der Waals surface area contributed by atoms with Crippen molar-refractivity contribution in [1.29, 1.82) is 0 Å². The average Bonchev–Trinajstić information content (AvgIpc) is 3.13. The lowest BCUT2D eigenvalue weighted by atomic mass is 10.3. The van der Waals surface area contributed by atoms with Gasteiger partial charge in [0.25, 0.3) is 5.91 Å². The first-order valence-electron chi connectivity index (χ1n) is 8.45. The minimum Gasteiger partial charge on any atom is -0.482 e. The summed E-state index contributed by atoms with van der Waals surface area (Å²) in [5.74, 6) is 1.64. The second-order valence-corrected chi connectivity index (χ2v) is 6.96. The van der Waals surface area contributed by atoms with Gasteiger partial charge >= 0.3 is 0 Å². The molecule has 138 valence electrons. The Balaban J connectivity index is 1.54. The third kappa shape index (κ3) is 4.99. The first-order valence-corrected chi connectivity index (χ1v) is 9.21. The van der Waals surface area contributed by atoms with Gasteiger partial charge in [-0.15, -0.1) is 0 Å². The second-order valence-electron chi connectivity index (χ2n) is 6.12. The number of aryl methyl sites for hydroxylation is 1. The zero-order valence-corrected chi connectivity index (χ0v) is 16.0. The Bertz CT molecular complexity index is 795. The molecule has 0 saturated carbocycles. The molecule has 8 heteroatoms. The molecule has 1 aromatic carbocycles. The van der Waals surface area contributed by atoms with E-state index >= 15 is 0 Å². The van der Waals surface area contributed by atoms with Gasteiger partial charge in [0.15, 0.2) is 6.61 Å². The van der Waals surface area contributed by atoms with Gasteiger partial charge in [0.05, 0.1) is 11.6 Å². The summed E-state index contributed by atoms with van der Waals surface area (Å²) < 4.78 is 5.42. The Labute approximate surface area is 162 Å². The Morgan fingerprint density at radius 2 is 2.00 bits per heavy atom. The molecule has 0 radical (unpaired) electrons. The number of ether oxygens (including phenoxy) is 1. The highest BCUT2D eigenvalue weighted by Gasteiger charge is 2.15. The highest BCUT2D eigenvalue weighted by atomic mass is 35.5. The van der Waals surface area contributed by atoms with Crippen LogP contribution < -0.4 is 15.0 Å². The Hall–Kier alpha value is -2.05. The zero-order valence-electron chi connectivity index (χ0n) is 14.5. The van der Waals surface area contributed by atoms with Crippen molar-refractivity contribution in [3.8, 4) is 5.75 Å². The van der Waals surface area contributed by atoms with Gasteiger partial charge in [-0.3, -0.25) is 4.79 Å². The quantitative estimate of drug-likeness (QED) is 0.812. The number of carbonyl (C=O) groups excluding carboxylic acids is 1. The number of hydrogen-bond acceptors (Lipinski definition) is 5. The van der Waals surface area contributed by atoms with Crippen molar-refractivity contribution in [2.24, 2.45) is 0 Å². The largest absolute Gasteiger partial charge is 0.482 e. The van der Waals surface area contributed by atoms with E-state index in [1.807, 2.05) is 13.0 Å². The van der Waals surface area contributed by atoms with Crippen LogP contribution in [0.2, 0.25) is 10.0 Å². The van der Waals surface area contributed by atoms with Gasteiger partial charge in [-0.05, 0) is 38.0 Å². The van der Waals surface area contributed by atoms with Crippen LogP contribution in [0.15, 0.2) is 24.3 Å². The molecule has 0 aliphatic carbocycles. The summed E-state index contributed by atoms with van der Waals surface area (Å²) >= 11 is 11.9. The maximum atomic E-state index is 12.0. The number of rotatable bonds is 6. The van der Waals surface area contributed by atoms with Crippen LogP contribution in [0.5, 0.6) is 5.75 Å². The number of carbonyl (C=O) groups is 1. The van der Waals surface area contributed by atoms with Crippen LogP contribution in [0, 0.1) is 6.92 Å². The van der Waals surface area contributed by atoms with E-state index in [1.165, 1.54) is 12.8 Å². The van der Waals surface area contributed by atoms with Crippen LogP contribution >= 0.6 is 23.2 Å². The van der Waals surface area contributed by atoms with Gasteiger partial charge in [0.2, 0.25) is 0 Å². The van der Waals surface area contributed by atoms with Crippen LogP contribution in [-0.4, -0.2) is 35.6 Å². The minimum absolute atomic E-state index is 0.147. The van der Waals surface area contributed by atoms with Crippen molar-refractivity contribution >= 4 is 34.9 Å². The molecule has 1 aliphatic heterocycles. The molecule has 1 aromatic heterocycles. The van der Waals surface area contributed by atoms with Gasteiger partial charge in [-0.2, -0.15) is 0 Å². The number of anilines is 1. The molecule has 1 saturated heterocycles. The molecule has 6 nitrogen and oxygen atoms in total. The van der Waals surface area contributed by atoms with Crippen LogP contribution in [0.3, 0.4) is 0 Å². The second kappa shape index (κ2) is 8.56.